The zero-order valence-corrected chi connectivity index (χ0v) is 16.5. The second kappa shape index (κ2) is 6.45. The minimum absolute atomic E-state index is 0.0754. The van der Waals surface area contributed by atoms with Gasteiger partial charge < -0.3 is 10.8 Å². The van der Waals surface area contributed by atoms with Gasteiger partial charge in [0.15, 0.2) is 5.65 Å². The highest BCUT2D eigenvalue weighted by molar-refractivity contribution is 6.12. The van der Waals surface area contributed by atoms with Crippen molar-refractivity contribution in [1.29, 1.82) is 0 Å². The van der Waals surface area contributed by atoms with Crippen molar-refractivity contribution < 1.29 is 18.3 Å². The third-order valence-corrected chi connectivity index (χ3v) is 5.24. The Bertz CT molecular complexity index is 1360. The number of nitrogens with two attached hydrogens (primary N) is 1. The van der Waals surface area contributed by atoms with E-state index in [1.54, 1.807) is 23.6 Å². The van der Waals surface area contributed by atoms with Crippen LogP contribution in [0.5, 0.6) is 5.75 Å². The lowest BCUT2D eigenvalue weighted by molar-refractivity contribution is -0.0687. The molecule has 0 bridgehead atoms. The van der Waals surface area contributed by atoms with Crippen LogP contribution in [0.2, 0.25) is 0 Å². The van der Waals surface area contributed by atoms with E-state index in [-0.39, 0.29) is 22.8 Å². The molecule has 0 aliphatic carbocycles. The number of pyridine rings is 1. The number of aromatic hydroxyl groups is 1. The summed E-state index contributed by atoms with van der Waals surface area (Å²) in [6.45, 7) is 8.30. The van der Waals surface area contributed by atoms with E-state index in [0.717, 1.165) is 5.56 Å². The van der Waals surface area contributed by atoms with Crippen LogP contribution in [0.3, 0.4) is 0 Å². The summed E-state index contributed by atoms with van der Waals surface area (Å²) < 4.78 is 41.7. The number of anilines is 1. The molecule has 0 aliphatic heterocycles. The van der Waals surface area contributed by atoms with Gasteiger partial charge in [0.1, 0.15) is 23.5 Å². The second-order valence-corrected chi connectivity index (χ2v) is 7.14. The summed E-state index contributed by atoms with van der Waals surface area (Å²) in [7, 11) is 0. The van der Waals surface area contributed by atoms with Crippen LogP contribution >= 0.6 is 0 Å². The molecule has 30 heavy (non-hydrogen) atoms. The summed E-state index contributed by atoms with van der Waals surface area (Å²) in [6, 6.07) is 4.70. The lowest BCUT2D eigenvalue weighted by Gasteiger charge is -2.15. The number of nitrogen functional groups attached to an aromatic ring is 1. The fourth-order valence-corrected chi connectivity index (χ4v) is 3.70. The monoisotopic (exact) mass is 413 g/mol. The van der Waals surface area contributed by atoms with Gasteiger partial charge in [0.25, 0.3) is 0 Å². The van der Waals surface area contributed by atoms with Gasteiger partial charge >= 0.3 is 6.18 Å². The minimum atomic E-state index is -4.60. The fourth-order valence-electron chi connectivity index (χ4n) is 3.70. The number of allylic oxidation sites excluding steroid dienone is 1. The van der Waals surface area contributed by atoms with Crippen molar-refractivity contribution in [3.63, 3.8) is 0 Å². The highest BCUT2D eigenvalue weighted by atomic mass is 19.4. The summed E-state index contributed by atoms with van der Waals surface area (Å²) in [5.74, 6) is 0.194. The highest BCUT2D eigenvalue weighted by Crippen LogP contribution is 2.40. The van der Waals surface area contributed by atoms with Gasteiger partial charge in [-0.3, -0.25) is 4.57 Å². The van der Waals surface area contributed by atoms with Gasteiger partial charge in [0, 0.05) is 22.2 Å². The van der Waals surface area contributed by atoms with Crippen molar-refractivity contribution in [2.45, 2.75) is 26.9 Å². The minimum Gasteiger partial charge on any atom is -0.508 e. The molecule has 1 aromatic carbocycles. The molecule has 0 atom stereocenters. The topological polar surface area (TPSA) is 89.8 Å². The van der Waals surface area contributed by atoms with Crippen LogP contribution in [-0.2, 0) is 0 Å². The number of phenols is 1. The van der Waals surface area contributed by atoms with Crippen LogP contribution in [0, 0.1) is 20.8 Å². The number of phenolic OH excluding ortho intramolecular Hbond substituents is 1. The zero-order chi connectivity index (χ0) is 22.0. The first-order valence-corrected chi connectivity index (χ1v) is 9.00. The fraction of sp³-hybridized carbons (Fsp3) is 0.190. The van der Waals surface area contributed by atoms with E-state index in [2.05, 4.69) is 21.5 Å². The predicted molar refractivity (Wildman–Crippen MR) is 110 cm³/mol. The molecule has 0 aliphatic rings. The van der Waals surface area contributed by atoms with Crippen molar-refractivity contribution in [2.24, 2.45) is 0 Å². The van der Waals surface area contributed by atoms with Crippen LogP contribution in [0.4, 0.5) is 19.0 Å². The third kappa shape index (κ3) is 2.77. The number of aromatic nitrogens is 4. The van der Waals surface area contributed by atoms with Gasteiger partial charge in [-0.15, -0.1) is 0 Å². The van der Waals surface area contributed by atoms with Crippen molar-refractivity contribution in [3.8, 4) is 11.4 Å². The summed E-state index contributed by atoms with van der Waals surface area (Å²) in [4.78, 5) is 12.8. The zero-order valence-electron chi connectivity index (χ0n) is 16.5. The first-order chi connectivity index (χ1) is 14.0. The van der Waals surface area contributed by atoms with Gasteiger partial charge in [-0.05, 0) is 38.5 Å². The van der Waals surface area contributed by atoms with E-state index in [1.165, 1.54) is 19.3 Å². The number of aryl methyl sites for hydroxylation is 2. The number of alkyl halides is 3. The van der Waals surface area contributed by atoms with E-state index < -0.39 is 11.7 Å². The van der Waals surface area contributed by atoms with Crippen LogP contribution < -0.4 is 5.73 Å². The van der Waals surface area contributed by atoms with Crippen molar-refractivity contribution in [3.05, 3.63) is 53.5 Å². The van der Waals surface area contributed by atoms with Crippen LogP contribution in [0.15, 0.2) is 31.1 Å². The molecule has 9 heteroatoms. The summed E-state index contributed by atoms with van der Waals surface area (Å²) in [5, 5.41) is 11.0. The van der Waals surface area contributed by atoms with E-state index in [9.17, 15) is 18.3 Å². The molecule has 4 aromatic rings. The molecule has 154 valence electrons. The van der Waals surface area contributed by atoms with Gasteiger partial charge in [-0.2, -0.15) is 13.2 Å². The number of nitrogens with zero attached hydrogens (tertiary/aromatic N) is 4. The normalized spacial score (nSPS) is 12.1. The van der Waals surface area contributed by atoms with Crippen molar-refractivity contribution >= 4 is 33.5 Å². The average molecular weight is 413 g/mol. The highest BCUT2D eigenvalue weighted by Gasteiger charge is 2.34. The molecule has 0 saturated carbocycles. The Kier molecular flexibility index (Phi) is 4.23. The summed E-state index contributed by atoms with van der Waals surface area (Å²) in [5.41, 5.74) is 7.91. The molecule has 4 rings (SSSR count). The maximum atomic E-state index is 13.3. The second-order valence-electron chi connectivity index (χ2n) is 7.14. The number of hydrogen-bond acceptors (Lipinski definition) is 5. The molecule has 3 N–H and O–H groups in total. The van der Waals surface area contributed by atoms with Crippen LogP contribution in [-0.4, -0.2) is 30.8 Å². The first-order valence-electron chi connectivity index (χ1n) is 9.00. The molecule has 3 heterocycles. The number of fused-ring (bicyclic) bond motifs is 3. The summed E-state index contributed by atoms with van der Waals surface area (Å²) >= 11 is 0. The molecular formula is C21H18F3N5O. The number of benzene rings is 1. The number of rotatable bonds is 2. The van der Waals surface area contributed by atoms with Crippen molar-refractivity contribution in [2.75, 3.05) is 5.73 Å². The summed E-state index contributed by atoms with van der Waals surface area (Å²) in [6.07, 6.45) is -3.32. The van der Waals surface area contributed by atoms with E-state index in [1.807, 2.05) is 6.92 Å². The van der Waals surface area contributed by atoms with Gasteiger partial charge in [-0.25, -0.2) is 15.0 Å². The van der Waals surface area contributed by atoms with Gasteiger partial charge in [-0.1, -0.05) is 12.6 Å². The predicted octanol–water partition coefficient (Wildman–Crippen LogP) is 4.76. The standard InChI is InChI=1S/C21H18F3N5O/c1-9-5-6-15(30)10(2)17(9)29-19-14(16-18(25)26-8-27-20(16)29)7-13(12(4)28-19)11(3)21(22,23)24/h5-8,30H,3H2,1-2,4H3,(H2,25,26,27). The molecule has 6 nitrogen and oxygen atoms in total. The maximum absolute atomic E-state index is 13.3. The molecular weight excluding hydrogens is 395 g/mol. The lowest BCUT2D eigenvalue weighted by Crippen LogP contribution is -2.11. The molecule has 0 amide bonds. The Labute approximate surface area is 169 Å². The van der Waals surface area contributed by atoms with E-state index >= 15 is 0 Å². The molecule has 3 aromatic heterocycles. The number of halogens is 3. The SMILES string of the molecule is C=C(c1cc2c3c(N)ncnc3n(-c3c(C)ccc(O)c3C)c2nc1C)C(F)(F)F. The lowest BCUT2D eigenvalue weighted by atomic mass is 10.0. The van der Waals surface area contributed by atoms with Crippen molar-refractivity contribution in [1.82, 2.24) is 19.5 Å². The molecule has 0 saturated heterocycles. The largest absolute Gasteiger partial charge is 0.508 e. The number of hydrogen-bond donors (Lipinski definition) is 2. The van der Waals surface area contributed by atoms with E-state index in [4.69, 9.17) is 5.73 Å². The quantitative estimate of drug-likeness (QED) is 0.495. The van der Waals surface area contributed by atoms with Gasteiger partial charge in [0.2, 0.25) is 0 Å². The maximum Gasteiger partial charge on any atom is 0.416 e. The Morgan fingerprint density at radius 1 is 1.13 bits per heavy atom. The first kappa shape index (κ1) is 19.7. The van der Waals surface area contributed by atoms with Gasteiger partial charge in [0.05, 0.1) is 16.6 Å². The van der Waals surface area contributed by atoms with Crippen LogP contribution in [0.25, 0.3) is 33.3 Å². The Hall–Kier alpha value is -3.62. The third-order valence-electron chi connectivity index (χ3n) is 5.24. The molecule has 0 unspecified atom stereocenters. The smallest absolute Gasteiger partial charge is 0.416 e. The molecule has 0 spiro atoms. The molecule has 0 fully saturated rings. The Morgan fingerprint density at radius 3 is 2.50 bits per heavy atom. The average Bonchev–Trinajstić information content (AvgIpc) is 2.98. The molecule has 0 radical (unpaired) electrons. The van der Waals surface area contributed by atoms with E-state index in [0.29, 0.717) is 33.3 Å². The van der Waals surface area contributed by atoms with Crippen LogP contribution in [0.1, 0.15) is 22.4 Å². The Morgan fingerprint density at radius 2 is 1.83 bits per heavy atom. The Balaban J connectivity index is 2.21.